The van der Waals surface area contributed by atoms with Gasteiger partial charge in [-0.25, -0.2) is 4.98 Å². The molecule has 0 fully saturated rings. The lowest BCUT2D eigenvalue weighted by Gasteiger charge is -2.01. The van der Waals surface area contributed by atoms with E-state index in [4.69, 9.17) is 0 Å². The Morgan fingerprint density at radius 3 is 2.75 bits per heavy atom. The second-order valence-corrected chi connectivity index (χ2v) is 6.01. The van der Waals surface area contributed by atoms with E-state index in [2.05, 4.69) is 41.3 Å². The summed E-state index contributed by atoms with van der Waals surface area (Å²) in [5, 5.41) is 13.0. The molecular weight excluding hydrogens is 372 g/mol. The average molecular weight is 383 g/mol. The van der Waals surface area contributed by atoms with Crippen LogP contribution in [0.5, 0.6) is 0 Å². The summed E-state index contributed by atoms with van der Waals surface area (Å²) in [5.41, 5.74) is 1.31. The number of hydrogen-bond acceptors (Lipinski definition) is 5. The third kappa shape index (κ3) is 2.71. The molecule has 0 atom stereocenters. The van der Waals surface area contributed by atoms with Gasteiger partial charge >= 0.3 is 0 Å². The van der Waals surface area contributed by atoms with Crippen molar-refractivity contribution in [2.45, 2.75) is 6.54 Å². The van der Waals surface area contributed by atoms with Crippen LogP contribution >= 0.6 is 15.9 Å². The van der Waals surface area contributed by atoms with Crippen LogP contribution in [0.1, 0.15) is 5.82 Å². The molecule has 4 rings (SSSR count). The summed E-state index contributed by atoms with van der Waals surface area (Å²) >= 11 is 3.47. The molecule has 0 spiro atoms. The van der Waals surface area contributed by atoms with Crippen LogP contribution in [0.4, 0.5) is 0 Å². The highest BCUT2D eigenvalue weighted by atomic mass is 79.9. The van der Waals surface area contributed by atoms with Crippen LogP contribution in [0.2, 0.25) is 0 Å². The van der Waals surface area contributed by atoms with Crippen LogP contribution < -0.4 is 5.56 Å². The van der Waals surface area contributed by atoms with E-state index in [-0.39, 0.29) is 12.1 Å². The lowest BCUT2D eigenvalue weighted by molar-refractivity contribution is 0.555. The van der Waals surface area contributed by atoms with Crippen LogP contribution in [0.25, 0.3) is 22.3 Å². The molecule has 0 bridgehead atoms. The largest absolute Gasteiger partial charge is 0.308 e. The van der Waals surface area contributed by atoms with Crippen LogP contribution in [0.3, 0.4) is 0 Å². The minimum atomic E-state index is -0.179. The first-order valence-corrected chi connectivity index (χ1v) is 8.01. The lowest BCUT2D eigenvalue weighted by Crippen LogP contribution is -2.15. The van der Waals surface area contributed by atoms with E-state index in [1.165, 1.54) is 4.80 Å². The molecule has 0 saturated carbocycles. The standard InChI is InChI=1S/C16H11BrN6O/c17-12-7-3-1-5-10(12)15-20-22-23(21-15)9-14-18-13-8-4-2-6-11(13)16(24)19-14/h1-8H,9H2,(H,18,19,24). The minimum absolute atomic E-state index is 0.179. The minimum Gasteiger partial charge on any atom is -0.308 e. The van der Waals surface area contributed by atoms with E-state index in [0.29, 0.717) is 22.6 Å². The third-order valence-electron chi connectivity index (χ3n) is 3.52. The van der Waals surface area contributed by atoms with E-state index in [1.807, 2.05) is 36.4 Å². The highest BCUT2D eigenvalue weighted by molar-refractivity contribution is 9.10. The molecule has 7 nitrogen and oxygen atoms in total. The number of para-hydroxylation sites is 1. The number of halogens is 1. The highest BCUT2D eigenvalue weighted by Crippen LogP contribution is 2.24. The number of rotatable bonds is 3. The first kappa shape index (κ1) is 14.7. The smallest absolute Gasteiger partial charge is 0.258 e. The Kier molecular flexibility index (Phi) is 3.66. The zero-order chi connectivity index (χ0) is 16.5. The van der Waals surface area contributed by atoms with Crippen molar-refractivity contribution in [1.29, 1.82) is 0 Å². The zero-order valence-corrected chi connectivity index (χ0v) is 13.9. The van der Waals surface area contributed by atoms with Crippen molar-refractivity contribution >= 4 is 26.8 Å². The van der Waals surface area contributed by atoms with Crippen molar-refractivity contribution in [2.75, 3.05) is 0 Å². The Labute approximate surface area is 144 Å². The molecule has 8 heteroatoms. The van der Waals surface area contributed by atoms with Gasteiger partial charge in [0.1, 0.15) is 12.4 Å². The van der Waals surface area contributed by atoms with Crippen molar-refractivity contribution in [1.82, 2.24) is 30.2 Å². The number of aromatic amines is 1. The molecule has 2 aromatic carbocycles. The van der Waals surface area contributed by atoms with Gasteiger partial charge in [0, 0.05) is 10.0 Å². The van der Waals surface area contributed by atoms with E-state index in [9.17, 15) is 4.79 Å². The summed E-state index contributed by atoms with van der Waals surface area (Å²) in [7, 11) is 0. The summed E-state index contributed by atoms with van der Waals surface area (Å²) in [6, 6.07) is 14.8. The molecule has 118 valence electrons. The fourth-order valence-electron chi connectivity index (χ4n) is 2.40. The molecular formula is C16H11BrN6O. The Balaban J connectivity index is 1.67. The van der Waals surface area contributed by atoms with Gasteiger partial charge < -0.3 is 4.98 Å². The number of tetrazole rings is 1. The molecule has 0 amide bonds. The van der Waals surface area contributed by atoms with E-state index < -0.39 is 0 Å². The monoisotopic (exact) mass is 382 g/mol. The summed E-state index contributed by atoms with van der Waals surface area (Å²) in [6.45, 7) is 0.234. The molecule has 0 aliphatic heterocycles. The topological polar surface area (TPSA) is 89.4 Å². The van der Waals surface area contributed by atoms with Gasteiger partial charge in [-0.15, -0.1) is 10.2 Å². The fourth-order valence-corrected chi connectivity index (χ4v) is 2.87. The summed E-state index contributed by atoms with van der Waals surface area (Å²) in [6.07, 6.45) is 0. The van der Waals surface area contributed by atoms with Crippen LogP contribution in [0, 0.1) is 0 Å². The number of aromatic nitrogens is 6. The van der Waals surface area contributed by atoms with Crippen LogP contribution in [-0.4, -0.2) is 30.2 Å². The van der Waals surface area contributed by atoms with Crippen LogP contribution in [0.15, 0.2) is 57.8 Å². The van der Waals surface area contributed by atoms with Crippen molar-refractivity contribution in [3.05, 3.63) is 69.2 Å². The maximum absolute atomic E-state index is 12.1. The number of nitrogens with zero attached hydrogens (tertiary/aromatic N) is 5. The van der Waals surface area contributed by atoms with Gasteiger partial charge in [-0.1, -0.05) is 40.2 Å². The second-order valence-electron chi connectivity index (χ2n) is 5.15. The van der Waals surface area contributed by atoms with Crippen molar-refractivity contribution in [2.24, 2.45) is 0 Å². The van der Waals surface area contributed by atoms with Gasteiger partial charge in [0.25, 0.3) is 5.56 Å². The number of H-pyrrole nitrogens is 1. The summed E-state index contributed by atoms with van der Waals surface area (Å²) in [4.78, 5) is 20.7. The Bertz CT molecular complexity index is 1090. The Morgan fingerprint density at radius 1 is 1.08 bits per heavy atom. The molecule has 0 radical (unpaired) electrons. The van der Waals surface area contributed by atoms with Gasteiger partial charge in [-0.3, -0.25) is 4.79 Å². The van der Waals surface area contributed by atoms with Gasteiger partial charge in [-0.2, -0.15) is 4.80 Å². The highest BCUT2D eigenvalue weighted by Gasteiger charge is 2.10. The Hall–Kier alpha value is -2.87. The number of fused-ring (bicyclic) bond motifs is 1. The number of nitrogens with one attached hydrogen (secondary N) is 1. The third-order valence-corrected chi connectivity index (χ3v) is 4.21. The van der Waals surface area contributed by atoms with Crippen LogP contribution in [-0.2, 0) is 6.54 Å². The quantitative estimate of drug-likeness (QED) is 0.587. The molecule has 4 aromatic rings. The molecule has 0 saturated heterocycles. The molecule has 0 aliphatic carbocycles. The molecule has 0 unspecified atom stereocenters. The maximum Gasteiger partial charge on any atom is 0.258 e. The molecule has 0 aliphatic rings. The first-order valence-electron chi connectivity index (χ1n) is 7.21. The van der Waals surface area contributed by atoms with E-state index >= 15 is 0 Å². The first-order chi connectivity index (χ1) is 11.7. The van der Waals surface area contributed by atoms with Gasteiger partial charge in [0.05, 0.1) is 10.9 Å². The normalized spacial score (nSPS) is 11.0. The van der Waals surface area contributed by atoms with Crippen molar-refractivity contribution in [3.63, 3.8) is 0 Å². The predicted octanol–water partition coefficient (Wildman–Crippen LogP) is 2.39. The van der Waals surface area contributed by atoms with Crippen molar-refractivity contribution in [3.8, 4) is 11.4 Å². The van der Waals surface area contributed by atoms with E-state index in [0.717, 1.165) is 10.0 Å². The molecule has 24 heavy (non-hydrogen) atoms. The average Bonchev–Trinajstić information content (AvgIpc) is 3.03. The van der Waals surface area contributed by atoms with E-state index in [1.54, 1.807) is 12.1 Å². The predicted molar refractivity (Wildman–Crippen MR) is 92.4 cm³/mol. The number of hydrogen-bond donors (Lipinski definition) is 1. The van der Waals surface area contributed by atoms with Gasteiger partial charge in [-0.05, 0) is 29.5 Å². The molecule has 2 heterocycles. The summed E-state index contributed by atoms with van der Waals surface area (Å²) < 4.78 is 0.891. The van der Waals surface area contributed by atoms with Gasteiger partial charge in [0.2, 0.25) is 5.82 Å². The molecule has 2 aromatic heterocycles. The fraction of sp³-hybridized carbons (Fsp3) is 0.0625. The second kappa shape index (κ2) is 5.97. The molecule has 1 N–H and O–H groups in total. The number of benzene rings is 2. The van der Waals surface area contributed by atoms with Gasteiger partial charge in [0.15, 0.2) is 0 Å². The maximum atomic E-state index is 12.1. The Morgan fingerprint density at radius 2 is 1.88 bits per heavy atom. The SMILES string of the molecule is O=c1[nH]c(Cn2nnc(-c3ccccc3Br)n2)nc2ccccc12. The summed E-state index contributed by atoms with van der Waals surface area (Å²) in [5.74, 6) is 0.986. The zero-order valence-electron chi connectivity index (χ0n) is 12.3. The lowest BCUT2D eigenvalue weighted by atomic mass is 10.2. The van der Waals surface area contributed by atoms with Crippen molar-refractivity contribution < 1.29 is 0 Å².